The third-order valence-corrected chi connectivity index (χ3v) is 4.78. The summed E-state index contributed by atoms with van der Waals surface area (Å²) in [7, 11) is 0. The number of hydrogen-bond acceptors (Lipinski definition) is 5. The summed E-state index contributed by atoms with van der Waals surface area (Å²) in [5, 5.41) is 2.93. The van der Waals surface area contributed by atoms with Gasteiger partial charge in [0.15, 0.2) is 11.5 Å². The fourth-order valence-corrected chi connectivity index (χ4v) is 3.37. The molecule has 0 fully saturated rings. The van der Waals surface area contributed by atoms with E-state index in [4.69, 9.17) is 14.2 Å². The van der Waals surface area contributed by atoms with Crippen LogP contribution in [-0.4, -0.2) is 23.1 Å². The van der Waals surface area contributed by atoms with E-state index in [-0.39, 0.29) is 24.2 Å². The SMILES string of the molecule is Cc1nc(C(C)OC(C)C)ccc1C(=O)Nc1cccc(Oc2ccccc2OC(C)C)c1. The van der Waals surface area contributed by atoms with Gasteiger partial charge in [0.2, 0.25) is 0 Å². The maximum Gasteiger partial charge on any atom is 0.257 e. The molecule has 2 aromatic carbocycles. The van der Waals surface area contributed by atoms with Crippen molar-refractivity contribution in [3.63, 3.8) is 0 Å². The van der Waals surface area contributed by atoms with Crippen LogP contribution in [0, 0.1) is 6.92 Å². The van der Waals surface area contributed by atoms with E-state index in [1.54, 1.807) is 12.1 Å². The second-order valence-corrected chi connectivity index (χ2v) is 8.39. The summed E-state index contributed by atoms with van der Waals surface area (Å²) in [6.45, 7) is 11.7. The Morgan fingerprint density at radius 3 is 2.27 bits per heavy atom. The molecule has 0 bridgehead atoms. The van der Waals surface area contributed by atoms with Crippen LogP contribution in [0.15, 0.2) is 60.7 Å². The summed E-state index contributed by atoms with van der Waals surface area (Å²) in [4.78, 5) is 17.5. The molecule has 1 N–H and O–H groups in total. The summed E-state index contributed by atoms with van der Waals surface area (Å²) in [6.07, 6.45) is -0.01000. The Bertz CT molecular complexity index is 1090. The van der Waals surface area contributed by atoms with Crippen molar-refractivity contribution in [1.82, 2.24) is 4.98 Å². The van der Waals surface area contributed by atoms with Gasteiger partial charge in [-0.25, -0.2) is 0 Å². The lowest BCUT2D eigenvalue weighted by molar-refractivity contribution is 0.0154. The van der Waals surface area contributed by atoms with E-state index in [1.165, 1.54) is 0 Å². The highest BCUT2D eigenvalue weighted by Crippen LogP contribution is 2.33. The van der Waals surface area contributed by atoms with Crippen molar-refractivity contribution >= 4 is 11.6 Å². The number of aryl methyl sites for hydroxylation is 1. The van der Waals surface area contributed by atoms with Crippen LogP contribution in [0.5, 0.6) is 17.2 Å². The number of nitrogens with one attached hydrogen (secondary N) is 1. The first kappa shape index (κ1) is 24.3. The summed E-state index contributed by atoms with van der Waals surface area (Å²) < 4.78 is 17.6. The van der Waals surface area contributed by atoms with Gasteiger partial charge in [-0.1, -0.05) is 18.2 Å². The molecule has 0 spiro atoms. The first-order valence-electron chi connectivity index (χ1n) is 11.2. The predicted molar refractivity (Wildman–Crippen MR) is 130 cm³/mol. The van der Waals surface area contributed by atoms with Crippen LogP contribution in [0.4, 0.5) is 5.69 Å². The van der Waals surface area contributed by atoms with Gasteiger partial charge in [-0.2, -0.15) is 0 Å². The van der Waals surface area contributed by atoms with Crippen molar-refractivity contribution in [3.05, 3.63) is 77.6 Å². The number of benzene rings is 2. The van der Waals surface area contributed by atoms with E-state index in [9.17, 15) is 4.79 Å². The molecule has 0 radical (unpaired) electrons. The number of rotatable bonds is 9. The highest BCUT2D eigenvalue weighted by molar-refractivity contribution is 6.05. The van der Waals surface area contributed by atoms with Gasteiger partial charge in [-0.05, 0) is 77.9 Å². The third kappa shape index (κ3) is 6.80. The van der Waals surface area contributed by atoms with Crippen LogP contribution in [0.2, 0.25) is 0 Å². The number of carbonyl (C=O) groups is 1. The Balaban J connectivity index is 1.73. The number of amides is 1. The van der Waals surface area contributed by atoms with Crippen molar-refractivity contribution in [2.75, 3.05) is 5.32 Å². The fourth-order valence-electron chi connectivity index (χ4n) is 3.37. The van der Waals surface area contributed by atoms with E-state index in [0.717, 1.165) is 5.69 Å². The highest BCUT2D eigenvalue weighted by Gasteiger charge is 2.15. The molecule has 1 aromatic heterocycles. The normalized spacial score (nSPS) is 12.0. The number of aromatic nitrogens is 1. The minimum atomic E-state index is -0.232. The Labute approximate surface area is 195 Å². The minimum Gasteiger partial charge on any atom is -0.487 e. The lowest BCUT2D eigenvalue weighted by Crippen LogP contribution is -2.16. The van der Waals surface area contributed by atoms with E-state index in [1.807, 2.05) is 90.1 Å². The van der Waals surface area contributed by atoms with Crippen molar-refractivity contribution in [2.45, 2.75) is 59.9 Å². The van der Waals surface area contributed by atoms with Gasteiger partial charge in [-0.15, -0.1) is 0 Å². The summed E-state index contributed by atoms with van der Waals surface area (Å²) in [5.74, 6) is 1.64. The molecule has 33 heavy (non-hydrogen) atoms. The molecule has 0 aliphatic rings. The maximum atomic E-state index is 12.9. The zero-order valence-electron chi connectivity index (χ0n) is 20.1. The van der Waals surface area contributed by atoms with Gasteiger partial charge in [0.1, 0.15) is 5.75 Å². The second-order valence-electron chi connectivity index (χ2n) is 8.39. The average Bonchev–Trinajstić information content (AvgIpc) is 2.74. The lowest BCUT2D eigenvalue weighted by Gasteiger charge is -2.17. The van der Waals surface area contributed by atoms with Gasteiger partial charge >= 0.3 is 0 Å². The zero-order valence-corrected chi connectivity index (χ0v) is 20.1. The van der Waals surface area contributed by atoms with Crippen LogP contribution in [0.3, 0.4) is 0 Å². The molecule has 1 unspecified atom stereocenters. The number of para-hydroxylation sites is 2. The molecule has 6 heteroatoms. The Kier molecular flexibility index (Phi) is 8.06. The third-order valence-electron chi connectivity index (χ3n) is 4.78. The number of carbonyl (C=O) groups excluding carboxylic acids is 1. The first-order valence-corrected chi connectivity index (χ1v) is 11.2. The second kappa shape index (κ2) is 11.0. The summed E-state index contributed by atoms with van der Waals surface area (Å²) in [6, 6.07) is 18.4. The molecule has 1 heterocycles. The van der Waals surface area contributed by atoms with Gasteiger partial charge in [0.25, 0.3) is 5.91 Å². The molecule has 0 saturated carbocycles. The molecule has 0 saturated heterocycles. The summed E-state index contributed by atoms with van der Waals surface area (Å²) >= 11 is 0. The Morgan fingerprint density at radius 1 is 0.879 bits per heavy atom. The van der Waals surface area contributed by atoms with E-state index < -0.39 is 0 Å². The van der Waals surface area contributed by atoms with Gasteiger partial charge in [0, 0.05) is 11.8 Å². The Hall–Kier alpha value is -3.38. The molecule has 6 nitrogen and oxygen atoms in total. The maximum absolute atomic E-state index is 12.9. The van der Waals surface area contributed by atoms with E-state index in [0.29, 0.717) is 34.2 Å². The standard InChI is InChI=1S/C27H32N2O4/c1-17(2)31-20(6)24-15-14-23(19(5)28-24)27(30)29-21-10-9-11-22(16-21)33-26-13-8-7-12-25(26)32-18(3)4/h7-18,20H,1-6H3,(H,29,30). The molecular weight excluding hydrogens is 416 g/mol. The minimum absolute atomic E-state index is 0.0310. The van der Waals surface area contributed by atoms with Crippen LogP contribution in [0.1, 0.15) is 62.5 Å². The molecule has 1 amide bonds. The van der Waals surface area contributed by atoms with Crippen LogP contribution < -0.4 is 14.8 Å². The van der Waals surface area contributed by atoms with Crippen LogP contribution in [-0.2, 0) is 4.74 Å². The Morgan fingerprint density at radius 2 is 1.61 bits per heavy atom. The highest BCUT2D eigenvalue weighted by atomic mass is 16.5. The van der Waals surface area contributed by atoms with Crippen molar-refractivity contribution in [3.8, 4) is 17.2 Å². The molecular formula is C27H32N2O4. The van der Waals surface area contributed by atoms with Crippen molar-refractivity contribution < 1.29 is 19.0 Å². The zero-order chi connectivity index (χ0) is 24.0. The molecule has 0 aliphatic heterocycles. The molecule has 3 rings (SSSR count). The monoisotopic (exact) mass is 448 g/mol. The topological polar surface area (TPSA) is 69.7 Å². The number of ether oxygens (including phenoxy) is 3. The quantitative estimate of drug-likeness (QED) is 0.394. The van der Waals surface area contributed by atoms with Crippen molar-refractivity contribution in [2.24, 2.45) is 0 Å². The molecule has 174 valence electrons. The number of anilines is 1. The average molecular weight is 449 g/mol. The van der Waals surface area contributed by atoms with Crippen LogP contribution >= 0.6 is 0 Å². The number of pyridine rings is 1. The van der Waals surface area contributed by atoms with Gasteiger partial charge in [-0.3, -0.25) is 9.78 Å². The fraction of sp³-hybridized carbons (Fsp3) is 0.333. The lowest BCUT2D eigenvalue weighted by atomic mass is 10.1. The largest absolute Gasteiger partial charge is 0.487 e. The number of nitrogens with zero attached hydrogens (tertiary/aromatic N) is 1. The number of hydrogen-bond donors (Lipinski definition) is 1. The molecule has 0 aliphatic carbocycles. The van der Waals surface area contributed by atoms with Gasteiger partial charge < -0.3 is 19.5 Å². The molecule has 1 atom stereocenters. The van der Waals surface area contributed by atoms with E-state index in [2.05, 4.69) is 10.3 Å². The summed E-state index contributed by atoms with van der Waals surface area (Å²) in [5.41, 5.74) is 2.59. The smallest absolute Gasteiger partial charge is 0.257 e. The van der Waals surface area contributed by atoms with Crippen LogP contribution in [0.25, 0.3) is 0 Å². The first-order chi connectivity index (χ1) is 15.7. The molecule has 3 aromatic rings. The van der Waals surface area contributed by atoms with Crippen molar-refractivity contribution in [1.29, 1.82) is 0 Å². The van der Waals surface area contributed by atoms with Gasteiger partial charge in [0.05, 0.1) is 35.3 Å². The van der Waals surface area contributed by atoms with E-state index >= 15 is 0 Å². The predicted octanol–water partition coefficient (Wildman–Crippen LogP) is 6.71.